The maximum Gasteiger partial charge on any atom is 0.265 e. The molecule has 0 spiro atoms. The summed E-state index contributed by atoms with van der Waals surface area (Å²) >= 11 is 6.45. The van der Waals surface area contributed by atoms with Crippen molar-refractivity contribution in [3.63, 3.8) is 0 Å². The zero-order valence-electron chi connectivity index (χ0n) is 12.9. The fourth-order valence-corrected chi connectivity index (χ4v) is 4.72. The van der Waals surface area contributed by atoms with Crippen molar-refractivity contribution in [2.75, 3.05) is 7.05 Å². The molecule has 0 unspecified atom stereocenters. The Labute approximate surface area is 150 Å². The monoisotopic (exact) mass is 410 g/mol. The number of halogens is 1. The van der Waals surface area contributed by atoms with Crippen molar-refractivity contribution < 1.29 is 9.21 Å². The summed E-state index contributed by atoms with van der Waals surface area (Å²) in [5, 5.41) is 0.742. The summed E-state index contributed by atoms with van der Waals surface area (Å²) in [7, 11) is 1.81. The summed E-state index contributed by atoms with van der Waals surface area (Å²) < 4.78 is 6.66. The van der Waals surface area contributed by atoms with E-state index in [1.807, 2.05) is 45.2 Å². The predicted octanol–water partition coefficient (Wildman–Crippen LogP) is 5.12. The number of aryl methyl sites for hydroxylation is 2. The number of rotatable bonds is 4. The summed E-state index contributed by atoms with van der Waals surface area (Å²) in [4.78, 5) is 20.7. The van der Waals surface area contributed by atoms with Gasteiger partial charge in [-0.3, -0.25) is 4.79 Å². The molecule has 3 aromatic rings. The van der Waals surface area contributed by atoms with E-state index in [0.717, 1.165) is 25.1 Å². The molecule has 0 aliphatic carbocycles. The van der Waals surface area contributed by atoms with E-state index in [2.05, 4.69) is 20.9 Å². The minimum absolute atomic E-state index is 0.0148. The average molecular weight is 411 g/mol. The molecule has 0 aliphatic rings. The van der Waals surface area contributed by atoms with E-state index in [1.165, 1.54) is 11.3 Å². The Morgan fingerprint density at radius 3 is 2.65 bits per heavy atom. The number of carbonyl (C=O) groups is 1. The zero-order valence-corrected chi connectivity index (χ0v) is 16.1. The first kappa shape index (κ1) is 16.4. The SMILES string of the molecule is Cc1ccc(-c2nc(C)c(C(=O)N(C)Cc3ccc(Br)s3)s2)o1. The van der Waals surface area contributed by atoms with Gasteiger partial charge in [0.05, 0.1) is 16.0 Å². The van der Waals surface area contributed by atoms with Gasteiger partial charge in [-0.25, -0.2) is 4.98 Å². The molecule has 0 saturated heterocycles. The van der Waals surface area contributed by atoms with E-state index in [0.29, 0.717) is 17.2 Å². The van der Waals surface area contributed by atoms with E-state index < -0.39 is 0 Å². The second-order valence-corrected chi connectivity index (χ2v) is 8.76. The highest BCUT2D eigenvalue weighted by Crippen LogP contribution is 2.30. The van der Waals surface area contributed by atoms with Crippen LogP contribution in [0.25, 0.3) is 10.8 Å². The van der Waals surface area contributed by atoms with Crippen LogP contribution in [0.3, 0.4) is 0 Å². The van der Waals surface area contributed by atoms with Gasteiger partial charge in [-0.15, -0.1) is 22.7 Å². The zero-order chi connectivity index (χ0) is 16.6. The smallest absolute Gasteiger partial charge is 0.265 e. The summed E-state index contributed by atoms with van der Waals surface area (Å²) in [5.41, 5.74) is 0.739. The highest BCUT2D eigenvalue weighted by molar-refractivity contribution is 9.11. The molecule has 0 N–H and O–H groups in total. The normalized spacial score (nSPS) is 11.0. The van der Waals surface area contributed by atoms with E-state index >= 15 is 0 Å². The molecule has 0 aromatic carbocycles. The van der Waals surface area contributed by atoms with Crippen LogP contribution >= 0.6 is 38.6 Å². The second-order valence-electron chi connectivity index (χ2n) is 5.21. The molecular formula is C16H15BrN2O2S2. The Kier molecular flexibility index (Phi) is 4.70. The van der Waals surface area contributed by atoms with Crippen LogP contribution in [0.5, 0.6) is 0 Å². The van der Waals surface area contributed by atoms with Crippen LogP contribution in [0.2, 0.25) is 0 Å². The van der Waals surface area contributed by atoms with Crippen molar-refractivity contribution in [3.8, 4) is 10.8 Å². The van der Waals surface area contributed by atoms with Crippen LogP contribution < -0.4 is 0 Å². The molecule has 4 nitrogen and oxygen atoms in total. The lowest BCUT2D eigenvalue weighted by atomic mass is 10.3. The minimum Gasteiger partial charge on any atom is -0.459 e. The van der Waals surface area contributed by atoms with Crippen molar-refractivity contribution in [1.82, 2.24) is 9.88 Å². The van der Waals surface area contributed by atoms with Crippen molar-refractivity contribution in [2.45, 2.75) is 20.4 Å². The van der Waals surface area contributed by atoms with Gasteiger partial charge >= 0.3 is 0 Å². The number of carbonyl (C=O) groups excluding carboxylic acids is 1. The van der Waals surface area contributed by atoms with Crippen molar-refractivity contribution in [3.05, 3.63) is 49.3 Å². The number of hydrogen-bond donors (Lipinski definition) is 0. The quantitative estimate of drug-likeness (QED) is 0.599. The van der Waals surface area contributed by atoms with Gasteiger partial charge < -0.3 is 9.32 Å². The number of thiophene rings is 1. The number of aromatic nitrogens is 1. The molecule has 3 rings (SSSR count). The lowest BCUT2D eigenvalue weighted by molar-refractivity contribution is 0.0790. The number of amides is 1. The Hall–Kier alpha value is -1.44. The van der Waals surface area contributed by atoms with Gasteiger partial charge in [-0.1, -0.05) is 0 Å². The molecule has 0 atom stereocenters. The average Bonchev–Trinajstić information content (AvgIpc) is 3.19. The molecule has 23 heavy (non-hydrogen) atoms. The first-order valence-corrected chi connectivity index (χ1v) is 9.40. The Balaban J connectivity index is 1.80. The predicted molar refractivity (Wildman–Crippen MR) is 97.1 cm³/mol. The van der Waals surface area contributed by atoms with E-state index in [1.54, 1.807) is 16.2 Å². The lowest BCUT2D eigenvalue weighted by Gasteiger charge is -2.15. The van der Waals surface area contributed by atoms with E-state index in [9.17, 15) is 4.79 Å². The first-order valence-electron chi connectivity index (χ1n) is 6.98. The highest BCUT2D eigenvalue weighted by Gasteiger charge is 2.21. The van der Waals surface area contributed by atoms with Gasteiger partial charge in [0, 0.05) is 11.9 Å². The van der Waals surface area contributed by atoms with Gasteiger partial charge in [0.2, 0.25) is 0 Å². The molecule has 0 aliphatic heterocycles. The van der Waals surface area contributed by atoms with Crippen LogP contribution in [-0.4, -0.2) is 22.8 Å². The topological polar surface area (TPSA) is 46.3 Å². The lowest BCUT2D eigenvalue weighted by Crippen LogP contribution is -2.25. The Morgan fingerprint density at radius 2 is 2.04 bits per heavy atom. The largest absolute Gasteiger partial charge is 0.459 e. The maximum atomic E-state index is 12.7. The minimum atomic E-state index is -0.0148. The van der Waals surface area contributed by atoms with Crippen molar-refractivity contribution in [1.29, 1.82) is 0 Å². The van der Waals surface area contributed by atoms with Crippen LogP contribution in [0.4, 0.5) is 0 Å². The summed E-state index contributed by atoms with van der Waals surface area (Å²) in [6, 6.07) is 7.80. The summed E-state index contributed by atoms with van der Waals surface area (Å²) in [6.07, 6.45) is 0. The van der Waals surface area contributed by atoms with Crippen LogP contribution in [0, 0.1) is 13.8 Å². The fourth-order valence-electron chi connectivity index (χ4n) is 2.17. The Morgan fingerprint density at radius 1 is 1.26 bits per heavy atom. The molecule has 7 heteroatoms. The molecule has 0 saturated carbocycles. The van der Waals surface area contributed by atoms with E-state index in [4.69, 9.17) is 4.42 Å². The van der Waals surface area contributed by atoms with Gasteiger partial charge in [-0.2, -0.15) is 0 Å². The van der Waals surface area contributed by atoms with Crippen LogP contribution in [-0.2, 0) is 6.54 Å². The second kappa shape index (κ2) is 6.59. The molecule has 0 radical (unpaired) electrons. The standard InChI is InChI=1S/C16H15BrN2O2S2/c1-9-4-6-12(21-9)15-18-10(2)14(23-15)16(20)19(3)8-11-5-7-13(17)22-11/h4-7H,8H2,1-3H3. The number of thiazole rings is 1. The molecule has 0 fully saturated rings. The van der Waals surface area contributed by atoms with Crippen molar-refractivity contribution >= 4 is 44.5 Å². The number of nitrogens with zero attached hydrogens (tertiary/aromatic N) is 2. The molecular weight excluding hydrogens is 396 g/mol. The van der Waals surface area contributed by atoms with Gasteiger partial charge in [0.25, 0.3) is 5.91 Å². The third-order valence-corrected chi connectivity index (χ3v) is 6.08. The molecule has 120 valence electrons. The molecule has 1 amide bonds. The van der Waals surface area contributed by atoms with E-state index in [-0.39, 0.29) is 5.91 Å². The van der Waals surface area contributed by atoms with Gasteiger partial charge in [-0.05, 0) is 54.0 Å². The van der Waals surface area contributed by atoms with Gasteiger partial charge in [0.15, 0.2) is 10.8 Å². The number of furan rings is 1. The molecule has 3 heterocycles. The maximum absolute atomic E-state index is 12.7. The Bertz CT molecular complexity index is 850. The van der Waals surface area contributed by atoms with Crippen LogP contribution in [0.15, 0.2) is 32.5 Å². The first-order chi connectivity index (χ1) is 10.9. The van der Waals surface area contributed by atoms with Gasteiger partial charge in [0.1, 0.15) is 10.6 Å². The molecule has 0 bridgehead atoms. The fraction of sp³-hybridized carbons (Fsp3) is 0.250. The third kappa shape index (κ3) is 3.57. The third-order valence-electron chi connectivity index (χ3n) is 3.31. The highest BCUT2D eigenvalue weighted by atomic mass is 79.9. The summed E-state index contributed by atoms with van der Waals surface area (Å²) in [5.74, 6) is 1.53. The number of hydrogen-bond acceptors (Lipinski definition) is 5. The molecule has 3 aromatic heterocycles. The summed E-state index contributed by atoms with van der Waals surface area (Å²) in [6.45, 7) is 4.34. The van der Waals surface area contributed by atoms with Crippen LogP contribution in [0.1, 0.15) is 26.0 Å². The van der Waals surface area contributed by atoms with Crippen molar-refractivity contribution in [2.24, 2.45) is 0 Å².